The summed E-state index contributed by atoms with van der Waals surface area (Å²) in [4.78, 5) is 14.8. The van der Waals surface area contributed by atoms with Gasteiger partial charge in [-0.2, -0.15) is 0 Å². The second-order valence-electron chi connectivity index (χ2n) is 9.57. The van der Waals surface area contributed by atoms with Gasteiger partial charge in [0.15, 0.2) is 24.6 Å². The largest absolute Gasteiger partial charge is 0.507 e. The molecule has 0 amide bonds. The van der Waals surface area contributed by atoms with Crippen LogP contribution in [0, 0.1) is 5.92 Å². The molecule has 0 aromatic carbocycles. The van der Waals surface area contributed by atoms with Crippen LogP contribution < -0.4 is 0 Å². The number of rotatable bonds is 11. The van der Waals surface area contributed by atoms with Gasteiger partial charge >= 0.3 is 0 Å². The van der Waals surface area contributed by atoms with Crippen molar-refractivity contribution in [2.75, 3.05) is 26.9 Å². The maximum atomic E-state index is 12.5. The van der Waals surface area contributed by atoms with Gasteiger partial charge in [0.1, 0.15) is 11.9 Å². The quantitative estimate of drug-likeness (QED) is 0.261. The third kappa shape index (κ3) is 5.90. The van der Waals surface area contributed by atoms with E-state index >= 15 is 0 Å². The van der Waals surface area contributed by atoms with Gasteiger partial charge in [0.2, 0.25) is 0 Å². The standard InChI is InChI=1S/C25H41NO8/c1-7-14(2)12-19(28)15(3)22(29)16(4)20(8-10-27)33-21-13-18-23(17(5)32-21)34-24-25(30-6)31-11-9-26(18)24/h14,17-18,20-21,23-25,27,29H,3,7-13H2,1-2,4-6H3/b22-16-/t14?,17-,18-,20-,21-,23+,24+,25-/m0/s1. The van der Waals surface area contributed by atoms with Gasteiger partial charge in [-0.1, -0.05) is 26.8 Å². The van der Waals surface area contributed by atoms with Gasteiger partial charge < -0.3 is 33.9 Å². The maximum absolute atomic E-state index is 12.5. The summed E-state index contributed by atoms with van der Waals surface area (Å²) in [6, 6.07) is 0.0695. The highest BCUT2D eigenvalue weighted by Gasteiger charge is 2.53. The fourth-order valence-corrected chi connectivity index (χ4v) is 4.91. The highest BCUT2D eigenvalue weighted by atomic mass is 16.7. The highest BCUT2D eigenvalue weighted by Crippen LogP contribution is 2.38. The minimum absolute atomic E-state index is 0.0695. The van der Waals surface area contributed by atoms with E-state index in [2.05, 4.69) is 11.5 Å². The first-order valence-corrected chi connectivity index (χ1v) is 12.3. The molecule has 34 heavy (non-hydrogen) atoms. The number of carbonyl (C=O) groups excluding carboxylic acids is 1. The van der Waals surface area contributed by atoms with Gasteiger partial charge in [0.05, 0.1) is 24.4 Å². The van der Waals surface area contributed by atoms with Gasteiger partial charge in [-0.25, -0.2) is 0 Å². The van der Waals surface area contributed by atoms with Crippen molar-refractivity contribution in [2.24, 2.45) is 5.92 Å². The molecule has 0 aliphatic carbocycles. The number of hydrogen-bond acceptors (Lipinski definition) is 9. The van der Waals surface area contributed by atoms with E-state index in [1.807, 2.05) is 20.8 Å². The van der Waals surface area contributed by atoms with Crippen molar-refractivity contribution in [3.8, 4) is 0 Å². The lowest BCUT2D eigenvalue weighted by Crippen LogP contribution is -2.55. The van der Waals surface area contributed by atoms with Crippen LogP contribution in [0.2, 0.25) is 0 Å². The Morgan fingerprint density at radius 1 is 1.32 bits per heavy atom. The van der Waals surface area contributed by atoms with Crippen LogP contribution in [0.3, 0.4) is 0 Å². The lowest BCUT2D eigenvalue weighted by Gasteiger charge is -2.41. The Bertz CT molecular complexity index is 755. The fourth-order valence-electron chi connectivity index (χ4n) is 4.91. The molecule has 0 spiro atoms. The minimum atomic E-state index is -0.624. The van der Waals surface area contributed by atoms with Crippen LogP contribution in [0.5, 0.6) is 0 Å². The van der Waals surface area contributed by atoms with E-state index in [4.69, 9.17) is 23.7 Å². The second-order valence-corrected chi connectivity index (χ2v) is 9.57. The average molecular weight is 484 g/mol. The molecule has 0 bridgehead atoms. The van der Waals surface area contributed by atoms with E-state index < -0.39 is 18.7 Å². The Hall–Kier alpha value is -1.33. The summed E-state index contributed by atoms with van der Waals surface area (Å²) in [6.45, 7) is 12.6. The molecule has 2 N–H and O–H groups in total. The van der Waals surface area contributed by atoms with Crippen LogP contribution in [0.4, 0.5) is 0 Å². The first-order valence-electron chi connectivity index (χ1n) is 12.3. The molecule has 3 heterocycles. The molecule has 3 aliphatic heterocycles. The van der Waals surface area contributed by atoms with Crippen molar-refractivity contribution < 1.29 is 38.7 Å². The van der Waals surface area contributed by atoms with Crippen LogP contribution >= 0.6 is 0 Å². The number of fused-ring (bicyclic) bond motifs is 3. The Morgan fingerprint density at radius 2 is 2.06 bits per heavy atom. The molecule has 3 fully saturated rings. The van der Waals surface area contributed by atoms with E-state index in [-0.39, 0.29) is 60.5 Å². The van der Waals surface area contributed by atoms with E-state index in [9.17, 15) is 15.0 Å². The zero-order valence-corrected chi connectivity index (χ0v) is 21.1. The van der Waals surface area contributed by atoms with Crippen LogP contribution in [0.1, 0.15) is 53.4 Å². The van der Waals surface area contributed by atoms with Crippen molar-refractivity contribution in [1.29, 1.82) is 0 Å². The fraction of sp³-hybridized carbons (Fsp3) is 0.800. The molecular formula is C25H41NO8. The van der Waals surface area contributed by atoms with Crippen LogP contribution in [-0.2, 0) is 28.5 Å². The first kappa shape index (κ1) is 27.3. The maximum Gasteiger partial charge on any atom is 0.197 e. The molecule has 0 aromatic heterocycles. The first-order chi connectivity index (χ1) is 16.2. The molecule has 3 aliphatic rings. The molecule has 8 atom stereocenters. The summed E-state index contributed by atoms with van der Waals surface area (Å²) in [6.07, 6.45) is -0.280. The van der Waals surface area contributed by atoms with Crippen LogP contribution in [0.15, 0.2) is 23.5 Å². The predicted molar refractivity (Wildman–Crippen MR) is 125 cm³/mol. The Balaban J connectivity index is 1.71. The Morgan fingerprint density at radius 3 is 2.71 bits per heavy atom. The Labute approximate surface area is 202 Å². The predicted octanol–water partition coefficient (Wildman–Crippen LogP) is 2.68. The molecule has 9 heteroatoms. The van der Waals surface area contributed by atoms with Gasteiger partial charge in [-0.05, 0) is 25.3 Å². The topological polar surface area (TPSA) is 107 Å². The monoisotopic (exact) mass is 483 g/mol. The molecule has 0 saturated carbocycles. The smallest absolute Gasteiger partial charge is 0.197 e. The zero-order chi connectivity index (χ0) is 25.0. The lowest BCUT2D eigenvalue weighted by molar-refractivity contribution is -0.252. The number of allylic oxidation sites excluding steroid dienone is 1. The van der Waals surface area contributed by atoms with E-state index in [1.54, 1.807) is 14.0 Å². The third-order valence-corrected chi connectivity index (χ3v) is 7.21. The van der Waals surface area contributed by atoms with Gasteiger partial charge in [-0.3, -0.25) is 9.69 Å². The van der Waals surface area contributed by atoms with Crippen molar-refractivity contribution in [2.45, 2.75) is 96.5 Å². The number of morpholine rings is 1. The minimum Gasteiger partial charge on any atom is -0.507 e. The molecule has 3 saturated heterocycles. The molecule has 1 unspecified atom stereocenters. The van der Waals surface area contributed by atoms with Crippen molar-refractivity contribution >= 4 is 5.78 Å². The number of aliphatic hydroxyl groups is 2. The molecule has 9 nitrogen and oxygen atoms in total. The van der Waals surface area contributed by atoms with Crippen LogP contribution in [-0.4, -0.2) is 90.9 Å². The summed E-state index contributed by atoms with van der Waals surface area (Å²) in [5.41, 5.74) is 0.537. The van der Waals surface area contributed by atoms with Gasteiger partial charge in [0.25, 0.3) is 0 Å². The number of carbonyl (C=O) groups is 1. The summed E-state index contributed by atoms with van der Waals surface area (Å²) in [7, 11) is 1.61. The molecule has 0 radical (unpaired) electrons. The number of nitrogens with zero attached hydrogens (tertiary/aromatic N) is 1. The number of hydrogen-bond donors (Lipinski definition) is 2. The normalized spacial score (nSPS) is 34.1. The molecule has 0 aromatic rings. The summed E-state index contributed by atoms with van der Waals surface area (Å²) < 4.78 is 29.7. The van der Waals surface area contributed by atoms with Crippen LogP contribution in [0.25, 0.3) is 0 Å². The Kier molecular flexibility index (Phi) is 9.68. The number of ketones is 1. The van der Waals surface area contributed by atoms with E-state index in [1.165, 1.54) is 0 Å². The molecule has 194 valence electrons. The summed E-state index contributed by atoms with van der Waals surface area (Å²) in [5, 5.41) is 20.4. The number of methoxy groups -OCH3 is 1. The van der Waals surface area contributed by atoms with E-state index in [0.29, 0.717) is 25.0 Å². The average Bonchev–Trinajstić information content (AvgIpc) is 3.21. The van der Waals surface area contributed by atoms with Gasteiger partial charge in [0, 0.05) is 45.6 Å². The van der Waals surface area contributed by atoms with Crippen molar-refractivity contribution in [3.05, 3.63) is 23.5 Å². The number of aliphatic hydroxyl groups excluding tert-OH is 2. The lowest BCUT2D eigenvalue weighted by atomic mass is 9.95. The molecular weight excluding hydrogens is 442 g/mol. The summed E-state index contributed by atoms with van der Waals surface area (Å²) >= 11 is 0. The third-order valence-electron chi connectivity index (χ3n) is 7.21. The number of Topliss-reactive ketones (excluding diaryl/α,β-unsaturated/α-hetero) is 1. The number of ether oxygens (including phenoxy) is 5. The van der Waals surface area contributed by atoms with Crippen molar-refractivity contribution in [3.63, 3.8) is 0 Å². The van der Waals surface area contributed by atoms with Gasteiger partial charge in [-0.15, -0.1) is 0 Å². The highest BCUT2D eigenvalue weighted by molar-refractivity contribution is 5.98. The molecule has 3 rings (SSSR count). The van der Waals surface area contributed by atoms with Crippen molar-refractivity contribution in [1.82, 2.24) is 4.90 Å². The zero-order valence-electron chi connectivity index (χ0n) is 21.1. The second kappa shape index (κ2) is 12.1. The SMILES string of the molecule is C=C(C(=O)CC(C)CC)/C(O)=C(\C)[C@H](CCO)O[C@H]1C[C@H]2[C@H](O[C@@H]3[C@@H](OC)OCCN32)[C@H](C)O1. The summed E-state index contributed by atoms with van der Waals surface area (Å²) in [5.74, 6) is -0.148. The van der Waals surface area contributed by atoms with E-state index in [0.717, 1.165) is 13.0 Å².